The van der Waals surface area contributed by atoms with Gasteiger partial charge in [0.2, 0.25) is 5.91 Å². The van der Waals surface area contributed by atoms with Crippen LogP contribution in [0.15, 0.2) is 48.5 Å². The molecule has 0 aliphatic rings. The summed E-state index contributed by atoms with van der Waals surface area (Å²) in [6.45, 7) is 2.05. The van der Waals surface area contributed by atoms with Gasteiger partial charge in [-0.05, 0) is 41.8 Å². The molecule has 2 rings (SSSR count). The van der Waals surface area contributed by atoms with Crippen molar-refractivity contribution in [3.05, 3.63) is 69.7 Å². The van der Waals surface area contributed by atoms with Crippen molar-refractivity contribution in [2.75, 3.05) is 5.32 Å². The Balaban J connectivity index is 2.07. The van der Waals surface area contributed by atoms with Gasteiger partial charge in [0.25, 0.3) is 0 Å². The molecule has 108 valence electrons. The van der Waals surface area contributed by atoms with Gasteiger partial charge >= 0.3 is 0 Å². The molecule has 0 aromatic heterocycles. The maximum atomic E-state index is 11.9. The molecule has 0 aliphatic carbocycles. The molecule has 0 saturated carbocycles. The van der Waals surface area contributed by atoms with Crippen LogP contribution in [0.25, 0.3) is 6.08 Å². The van der Waals surface area contributed by atoms with Crippen LogP contribution in [0.2, 0.25) is 10.0 Å². The molecule has 0 fully saturated rings. The van der Waals surface area contributed by atoms with Gasteiger partial charge < -0.3 is 5.32 Å². The van der Waals surface area contributed by atoms with Gasteiger partial charge in [-0.1, -0.05) is 54.4 Å². The van der Waals surface area contributed by atoms with E-state index < -0.39 is 0 Å². The molecule has 0 aliphatic heterocycles. The Hall–Kier alpha value is -1.77. The lowest BCUT2D eigenvalue weighted by Crippen LogP contribution is -2.09. The number of hydrogen-bond acceptors (Lipinski definition) is 1. The van der Waals surface area contributed by atoms with Crippen LogP contribution < -0.4 is 5.32 Å². The topological polar surface area (TPSA) is 29.1 Å². The van der Waals surface area contributed by atoms with Crippen LogP contribution in [-0.2, 0) is 11.2 Å². The minimum Gasteiger partial charge on any atom is -0.322 e. The number of halogens is 2. The maximum Gasteiger partial charge on any atom is 0.248 e. The lowest BCUT2D eigenvalue weighted by Gasteiger charge is -2.07. The summed E-state index contributed by atoms with van der Waals surface area (Å²) in [5, 5.41) is 3.84. The number of rotatable bonds is 4. The van der Waals surface area contributed by atoms with Crippen LogP contribution >= 0.6 is 23.2 Å². The average Bonchev–Trinajstić information content (AvgIpc) is 2.49. The van der Waals surface area contributed by atoms with E-state index in [0.29, 0.717) is 10.0 Å². The number of nitrogens with one attached hydrogen (secondary N) is 1. The third-order valence-corrected chi connectivity index (χ3v) is 3.77. The van der Waals surface area contributed by atoms with Crippen molar-refractivity contribution in [2.24, 2.45) is 0 Å². The minimum atomic E-state index is -0.179. The molecule has 0 saturated heterocycles. The fraction of sp³-hybridized carbons (Fsp3) is 0.118. The van der Waals surface area contributed by atoms with E-state index in [1.807, 2.05) is 24.3 Å². The Morgan fingerprint density at radius 1 is 1.14 bits per heavy atom. The predicted octanol–water partition coefficient (Wildman–Crippen LogP) is 5.21. The minimum absolute atomic E-state index is 0.179. The zero-order chi connectivity index (χ0) is 15.2. The van der Waals surface area contributed by atoms with Crippen molar-refractivity contribution in [3.8, 4) is 0 Å². The smallest absolute Gasteiger partial charge is 0.248 e. The number of anilines is 1. The molecule has 0 unspecified atom stereocenters. The second kappa shape index (κ2) is 7.30. The number of amides is 1. The fourth-order valence-electron chi connectivity index (χ4n) is 1.91. The Kier molecular flexibility index (Phi) is 5.43. The SMILES string of the molecule is CCc1ccccc1NC(=O)/C=C/c1ccc(Cl)c(Cl)c1. The van der Waals surface area contributed by atoms with Crippen molar-refractivity contribution in [3.63, 3.8) is 0 Å². The summed E-state index contributed by atoms with van der Waals surface area (Å²) in [6, 6.07) is 13.0. The van der Waals surface area contributed by atoms with Crippen LogP contribution in [0.5, 0.6) is 0 Å². The van der Waals surface area contributed by atoms with Crippen molar-refractivity contribution < 1.29 is 4.79 Å². The van der Waals surface area contributed by atoms with Crippen LogP contribution in [0, 0.1) is 0 Å². The fourth-order valence-corrected chi connectivity index (χ4v) is 2.22. The normalized spacial score (nSPS) is 10.8. The number of para-hydroxylation sites is 1. The Bertz CT molecular complexity index is 680. The first kappa shape index (κ1) is 15.6. The summed E-state index contributed by atoms with van der Waals surface area (Å²) in [4.78, 5) is 11.9. The first-order valence-electron chi connectivity index (χ1n) is 6.62. The maximum absolute atomic E-state index is 11.9. The van der Waals surface area contributed by atoms with E-state index >= 15 is 0 Å². The monoisotopic (exact) mass is 319 g/mol. The summed E-state index contributed by atoms with van der Waals surface area (Å²) in [7, 11) is 0. The van der Waals surface area contributed by atoms with Gasteiger partial charge in [0.05, 0.1) is 10.0 Å². The van der Waals surface area contributed by atoms with Gasteiger partial charge in [0.15, 0.2) is 0 Å². The van der Waals surface area contributed by atoms with E-state index in [-0.39, 0.29) is 5.91 Å². The van der Waals surface area contributed by atoms with E-state index in [4.69, 9.17) is 23.2 Å². The van der Waals surface area contributed by atoms with Gasteiger partial charge in [0.1, 0.15) is 0 Å². The summed E-state index contributed by atoms with van der Waals surface area (Å²) < 4.78 is 0. The summed E-state index contributed by atoms with van der Waals surface area (Å²) in [5.41, 5.74) is 2.76. The predicted molar refractivity (Wildman–Crippen MR) is 89.9 cm³/mol. The third-order valence-electron chi connectivity index (χ3n) is 3.03. The van der Waals surface area contributed by atoms with Crippen LogP contribution in [0.4, 0.5) is 5.69 Å². The number of carbonyl (C=O) groups is 1. The van der Waals surface area contributed by atoms with Crippen molar-refractivity contribution >= 4 is 40.9 Å². The van der Waals surface area contributed by atoms with Crippen molar-refractivity contribution in [1.29, 1.82) is 0 Å². The second-order valence-corrected chi connectivity index (χ2v) is 5.32. The van der Waals surface area contributed by atoms with E-state index in [9.17, 15) is 4.79 Å². The van der Waals surface area contributed by atoms with Crippen molar-refractivity contribution in [2.45, 2.75) is 13.3 Å². The second-order valence-electron chi connectivity index (χ2n) is 4.51. The van der Waals surface area contributed by atoms with Crippen LogP contribution in [-0.4, -0.2) is 5.91 Å². The highest BCUT2D eigenvalue weighted by atomic mass is 35.5. The van der Waals surface area contributed by atoms with E-state index in [1.165, 1.54) is 6.08 Å². The largest absolute Gasteiger partial charge is 0.322 e. The molecule has 2 aromatic carbocycles. The van der Waals surface area contributed by atoms with Gasteiger partial charge in [0, 0.05) is 11.8 Å². The van der Waals surface area contributed by atoms with Crippen molar-refractivity contribution in [1.82, 2.24) is 0 Å². The molecule has 2 nitrogen and oxygen atoms in total. The lowest BCUT2D eigenvalue weighted by molar-refractivity contribution is -0.111. The molecule has 21 heavy (non-hydrogen) atoms. The molecule has 0 heterocycles. The zero-order valence-corrected chi connectivity index (χ0v) is 13.1. The van der Waals surface area contributed by atoms with Gasteiger partial charge in [-0.2, -0.15) is 0 Å². The van der Waals surface area contributed by atoms with Crippen LogP contribution in [0.3, 0.4) is 0 Å². The quantitative estimate of drug-likeness (QED) is 0.770. The average molecular weight is 320 g/mol. The highest BCUT2D eigenvalue weighted by molar-refractivity contribution is 6.42. The van der Waals surface area contributed by atoms with E-state index in [2.05, 4.69) is 12.2 Å². The standard InChI is InChI=1S/C17H15Cl2NO/c1-2-13-5-3-4-6-16(13)20-17(21)10-8-12-7-9-14(18)15(19)11-12/h3-11H,2H2,1H3,(H,20,21)/b10-8+. The Morgan fingerprint density at radius 2 is 1.90 bits per heavy atom. The molecular formula is C17H15Cl2NO. The van der Waals surface area contributed by atoms with Gasteiger partial charge in [-0.25, -0.2) is 0 Å². The molecule has 0 bridgehead atoms. The van der Waals surface area contributed by atoms with Gasteiger partial charge in [-0.15, -0.1) is 0 Å². The van der Waals surface area contributed by atoms with E-state index in [1.54, 1.807) is 24.3 Å². The lowest BCUT2D eigenvalue weighted by atomic mass is 10.1. The molecule has 2 aromatic rings. The highest BCUT2D eigenvalue weighted by Crippen LogP contribution is 2.23. The molecule has 0 spiro atoms. The first-order valence-corrected chi connectivity index (χ1v) is 7.37. The molecule has 0 atom stereocenters. The number of benzene rings is 2. The number of aryl methyl sites for hydroxylation is 1. The molecular weight excluding hydrogens is 305 g/mol. The van der Waals surface area contributed by atoms with E-state index in [0.717, 1.165) is 23.2 Å². The summed E-state index contributed by atoms with van der Waals surface area (Å²) in [5.74, 6) is -0.179. The van der Waals surface area contributed by atoms with Gasteiger partial charge in [-0.3, -0.25) is 4.79 Å². The third kappa shape index (κ3) is 4.35. The number of hydrogen-bond donors (Lipinski definition) is 1. The first-order chi connectivity index (χ1) is 10.1. The summed E-state index contributed by atoms with van der Waals surface area (Å²) >= 11 is 11.8. The summed E-state index contributed by atoms with van der Waals surface area (Å²) in [6.07, 6.45) is 4.05. The molecule has 1 amide bonds. The molecule has 1 N–H and O–H groups in total. The molecule has 4 heteroatoms. The Morgan fingerprint density at radius 3 is 2.62 bits per heavy atom. The zero-order valence-electron chi connectivity index (χ0n) is 11.6. The highest BCUT2D eigenvalue weighted by Gasteiger charge is 2.02. The Labute approximate surface area is 134 Å². The van der Waals surface area contributed by atoms with Crippen LogP contribution in [0.1, 0.15) is 18.1 Å². The number of carbonyl (C=O) groups excluding carboxylic acids is 1. The molecule has 0 radical (unpaired) electrons.